The van der Waals surface area contributed by atoms with Crippen LogP contribution in [-0.2, 0) is 0 Å². The summed E-state index contributed by atoms with van der Waals surface area (Å²) in [5, 5.41) is 5.23. The maximum absolute atomic E-state index is 2.72. The summed E-state index contributed by atoms with van der Waals surface area (Å²) in [4.78, 5) is 0. The third kappa shape index (κ3) is 7.12. The topological polar surface area (TPSA) is 0 Å². The monoisotopic (exact) mass is 657 g/mol. The minimum atomic E-state index is -1.25. The third-order valence-electron chi connectivity index (χ3n) is 5.53. The first kappa shape index (κ1) is 26.5. The number of allylic oxidation sites excluding steroid dienone is 4. The maximum atomic E-state index is 2.72. The molecule has 164 valence electrons. The SMILES string of the molecule is C[Si](C)(C)C1=CC([Si](C)(C)C)C([Se][Se][Se]c2[cH-]c([Si](C)(C)C)cc2[Si](C)(C)C)=C1. The second-order valence-corrected chi connectivity index (χ2v) is 48.8. The van der Waals surface area contributed by atoms with E-state index < -0.39 is 32.3 Å². The van der Waals surface area contributed by atoms with E-state index in [0.29, 0.717) is 13.1 Å². The normalized spacial score (nSPS) is 18.8. The van der Waals surface area contributed by atoms with Crippen molar-refractivity contribution in [3.63, 3.8) is 0 Å². The predicted molar refractivity (Wildman–Crippen MR) is 151 cm³/mol. The van der Waals surface area contributed by atoms with Gasteiger partial charge < -0.3 is 0 Å². The summed E-state index contributed by atoms with van der Waals surface area (Å²) < 4.78 is 3.65. The molecule has 0 spiro atoms. The van der Waals surface area contributed by atoms with Crippen molar-refractivity contribution < 1.29 is 0 Å². The van der Waals surface area contributed by atoms with Crippen LogP contribution in [0.4, 0.5) is 0 Å². The van der Waals surface area contributed by atoms with Crippen molar-refractivity contribution >= 4 is 84.7 Å². The fourth-order valence-electron chi connectivity index (χ4n) is 3.44. The van der Waals surface area contributed by atoms with E-state index in [1.165, 1.54) is 0 Å². The van der Waals surface area contributed by atoms with E-state index in [1.54, 1.807) is 20.0 Å². The van der Waals surface area contributed by atoms with Crippen LogP contribution in [0.1, 0.15) is 0 Å². The molecule has 0 aliphatic heterocycles. The zero-order valence-corrected chi connectivity index (χ0v) is 29.8. The van der Waals surface area contributed by atoms with Crippen LogP contribution >= 0.6 is 0 Å². The van der Waals surface area contributed by atoms with Crippen LogP contribution in [-0.4, -0.2) is 69.9 Å². The molecule has 0 N–H and O–H groups in total. The van der Waals surface area contributed by atoms with Crippen LogP contribution in [0.3, 0.4) is 0 Å². The molecule has 1 aliphatic rings. The molecular formula is C22H41Se3Si4-. The molecule has 0 saturated carbocycles. The molecule has 0 saturated heterocycles. The molecule has 7 heteroatoms. The van der Waals surface area contributed by atoms with Gasteiger partial charge in [-0.1, -0.05) is 0 Å². The van der Waals surface area contributed by atoms with Gasteiger partial charge in [0, 0.05) is 0 Å². The summed E-state index contributed by atoms with van der Waals surface area (Å²) in [7, 11) is -4.85. The van der Waals surface area contributed by atoms with E-state index in [2.05, 4.69) is 103 Å². The molecule has 1 aromatic rings. The third-order valence-corrected chi connectivity index (χ3v) is 30.6. The zero-order valence-electron chi connectivity index (χ0n) is 20.6. The Morgan fingerprint density at radius 1 is 0.759 bits per heavy atom. The Bertz CT molecular complexity index is 794. The average Bonchev–Trinajstić information content (AvgIpc) is 3.09. The van der Waals surface area contributed by atoms with Crippen LogP contribution < -0.4 is 14.8 Å². The van der Waals surface area contributed by atoms with Crippen molar-refractivity contribution in [2.75, 3.05) is 0 Å². The number of rotatable bonds is 8. The second-order valence-electron chi connectivity index (χ2n) is 12.5. The van der Waals surface area contributed by atoms with Gasteiger partial charge in [0.15, 0.2) is 0 Å². The summed E-state index contributed by atoms with van der Waals surface area (Å²) in [6.45, 7) is 30.4. The average molecular weight is 655 g/mol. The van der Waals surface area contributed by atoms with Crippen molar-refractivity contribution in [3.05, 3.63) is 34.0 Å². The molecule has 0 nitrogen and oxygen atoms in total. The van der Waals surface area contributed by atoms with Crippen molar-refractivity contribution in [3.8, 4) is 0 Å². The molecule has 0 aromatic heterocycles. The van der Waals surface area contributed by atoms with Crippen LogP contribution in [0.25, 0.3) is 0 Å². The quantitative estimate of drug-likeness (QED) is 0.287. The Labute approximate surface area is 201 Å². The van der Waals surface area contributed by atoms with Gasteiger partial charge in [-0.3, -0.25) is 0 Å². The van der Waals surface area contributed by atoms with Gasteiger partial charge in [0.1, 0.15) is 0 Å². The Balaban J connectivity index is 2.20. The number of hydrogen-bond donors (Lipinski definition) is 0. The Morgan fingerprint density at radius 2 is 1.34 bits per heavy atom. The molecule has 0 amide bonds. The van der Waals surface area contributed by atoms with E-state index in [0.717, 1.165) is 30.0 Å². The fraction of sp³-hybridized carbons (Fsp3) is 0.591. The molecule has 0 radical (unpaired) electrons. The first-order valence-electron chi connectivity index (χ1n) is 10.7. The molecule has 0 heterocycles. The van der Waals surface area contributed by atoms with E-state index in [4.69, 9.17) is 0 Å². The van der Waals surface area contributed by atoms with Crippen LogP contribution in [0.15, 0.2) is 34.0 Å². The summed E-state index contributed by atoms with van der Waals surface area (Å²) in [6, 6.07) is 5.30. The van der Waals surface area contributed by atoms with Crippen LogP contribution in [0.2, 0.25) is 84.1 Å². The molecule has 1 aromatic carbocycles. The van der Waals surface area contributed by atoms with Gasteiger partial charge in [-0.05, 0) is 0 Å². The first-order chi connectivity index (χ1) is 12.9. The summed E-state index contributed by atoms with van der Waals surface area (Å²) in [6.07, 6.45) is 5.41. The molecule has 1 unspecified atom stereocenters. The van der Waals surface area contributed by atoms with Gasteiger partial charge in [-0.15, -0.1) is 0 Å². The minimum absolute atomic E-state index is 0.702. The Morgan fingerprint density at radius 3 is 1.79 bits per heavy atom. The molecule has 0 bridgehead atoms. The summed E-state index contributed by atoms with van der Waals surface area (Å²) in [5.41, 5.74) is 0.815. The molecule has 0 fully saturated rings. The van der Waals surface area contributed by atoms with Gasteiger partial charge in [-0.25, -0.2) is 0 Å². The Hall–Kier alpha value is 1.26. The van der Waals surface area contributed by atoms with E-state index in [9.17, 15) is 0 Å². The second kappa shape index (κ2) is 9.25. The first-order valence-corrected chi connectivity index (χ1v) is 35.1. The summed E-state index contributed by atoms with van der Waals surface area (Å²) >= 11 is 2.22. The van der Waals surface area contributed by atoms with Gasteiger partial charge in [0.05, 0.1) is 0 Å². The van der Waals surface area contributed by atoms with Crippen LogP contribution in [0, 0.1) is 0 Å². The van der Waals surface area contributed by atoms with E-state index >= 15 is 0 Å². The standard InChI is InChI=1S/C22H41Se3Si4/c1-26(2,3)17-13-19(21(15-17)28(7,8)9)23-25-24-20-14-18(27(4,5)6)16-22(20)29(10,11)12/h13-16,21H,1-12H3/q-1. The van der Waals surface area contributed by atoms with Crippen LogP contribution in [0.5, 0.6) is 0 Å². The molecule has 1 aliphatic carbocycles. The van der Waals surface area contributed by atoms with Gasteiger partial charge in [-0.2, -0.15) is 0 Å². The van der Waals surface area contributed by atoms with Crippen molar-refractivity contribution in [1.29, 1.82) is 0 Å². The van der Waals surface area contributed by atoms with Gasteiger partial charge in [0.25, 0.3) is 0 Å². The number of hydrogen-bond acceptors (Lipinski definition) is 0. The fourth-order valence-corrected chi connectivity index (χ4v) is 33.7. The molecular weight excluding hydrogens is 613 g/mol. The summed E-state index contributed by atoms with van der Waals surface area (Å²) in [5.74, 6) is 0. The molecule has 29 heavy (non-hydrogen) atoms. The van der Waals surface area contributed by atoms with Crippen molar-refractivity contribution in [2.24, 2.45) is 0 Å². The van der Waals surface area contributed by atoms with E-state index in [1.807, 2.05) is 4.47 Å². The van der Waals surface area contributed by atoms with Gasteiger partial charge in [0.2, 0.25) is 0 Å². The van der Waals surface area contributed by atoms with Gasteiger partial charge >= 0.3 is 203 Å². The van der Waals surface area contributed by atoms with Crippen molar-refractivity contribution in [1.82, 2.24) is 0 Å². The Kier molecular flexibility index (Phi) is 8.45. The zero-order chi connectivity index (χ0) is 22.4. The van der Waals surface area contributed by atoms with E-state index in [-0.39, 0.29) is 0 Å². The predicted octanol–water partition coefficient (Wildman–Crippen LogP) is 4.47. The molecule has 1 atom stereocenters. The van der Waals surface area contributed by atoms with Crippen molar-refractivity contribution in [2.45, 2.75) is 84.1 Å². The molecule has 2 rings (SSSR count).